The Bertz CT molecular complexity index is 739. The molecule has 0 aliphatic carbocycles. The van der Waals surface area contributed by atoms with Gasteiger partial charge in [0.2, 0.25) is 0 Å². The number of hydrogen-bond acceptors (Lipinski definition) is 6. The summed E-state index contributed by atoms with van der Waals surface area (Å²) in [5.74, 6) is 0.139. The van der Waals surface area contributed by atoms with Gasteiger partial charge in [0.15, 0.2) is 6.10 Å². The number of ether oxygens (including phenoxy) is 2. The molecule has 0 spiro atoms. The number of carbonyl (C=O) groups is 2. The summed E-state index contributed by atoms with van der Waals surface area (Å²) < 4.78 is 10.5. The lowest BCUT2D eigenvalue weighted by molar-refractivity contribution is -0.161. The summed E-state index contributed by atoms with van der Waals surface area (Å²) in [7, 11) is 0. The SMILES string of the molecule is CCC(C)CCCCCCCCC(=O)OC[C@H](CO)OC(=O)CCC/C=C\C/C=C\C/C=C\C/C=C\CCCCCO. The van der Waals surface area contributed by atoms with Gasteiger partial charge in [0.25, 0.3) is 0 Å². The Kier molecular flexibility index (Phi) is 30.1. The van der Waals surface area contributed by atoms with E-state index in [2.05, 4.69) is 62.5 Å². The van der Waals surface area contributed by atoms with Gasteiger partial charge in [0, 0.05) is 19.4 Å². The van der Waals surface area contributed by atoms with Gasteiger partial charge >= 0.3 is 11.9 Å². The summed E-state index contributed by atoms with van der Waals surface area (Å²) in [6, 6.07) is 0. The summed E-state index contributed by atoms with van der Waals surface area (Å²) in [6.45, 7) is 4.38. The van der Waals surface area contributed by atoms with E-state index in [1.165, 1.54) is 32.1 Å². The van der Waals surface area contributed by atoms with Gasteiger partial charge in [-0.2, -0.15) is 0 Å². The highest BCUT2D eigenvalue weighted by Gasteiger charge is 2.15. The van der Waals surface area contributed by atoms with Crippen molar-refractivity contribution < 1.29 is 29.3 Å². The molecule has 0 amide bonds. The van der Waals surface area contributed by atoms with Crippen molar-refractivity contribution in [1.82, 2.24) is 0 Å². The summed E-state index contributed by atoms with van der Waals surface area (Å²) in [5, 5.41) is 18.2. The minimum atomic E-state index is -0.805. The zero-order chi connectivity index (χ0) is 30.9. The molecule has 6 nitrogen and oxygen atoms in total. The molecule has 42 heavy (non-hydrogen) atoms. The molecular weight excluding hydrogens is 528 g/mol. The molecule has 0 rings (SSSR count). The third-order valence-electron chi connectivity index (χ3n) is 7.22. The summed E-state index contributed by atoms with van der Waals surface area (Å²) in [5.41, 5.74) is 0. The van der Waals surface area contributed by atoms with Gasteiger partial charge in [-0.25, -0.2) is 0 Å². The smallest absolute Gasteiger partial charge is 0.306 e. The fourth-order valence-corrected chi connectivity index (χ4v) is 4.26. The quantitative estimate of drug-likeness (QED) is 0.0514. The minimum Gasteiger partial charge on any atom is -0.462 e. The number of unbranched alkanes of at least 4 members (excludes halogenated alkanes) is 9. The fraction of sp³-hybridized carbons (Fsp3) is 0.722. The Labute approximate surface area is 257 Å². The Morgan fingerprint density at radius 3 is 1.76 bits per heavy atom. The van der Waals surface area contributed by atoms with Crippen molar-refractivity contribution >= 4 is 11.9 Å². The van der Waals surface area contributed by atoms with Gasteiger partial charge in [0.05, 0.1) is 6.61 Å². The van der Waals surface area contributed by atoms with Crippen LogP contribution in [-0.2, 0) is 19.1 Å². The van der Waals surface area contributed by atoms with Gasteiger partial charge in [-0.1, -0.05) is 114 Å². The van der Waals surface area contributed by atoms with Gasteiger partial charge in [0.1, 0.15) is 6.61 Å². The van der Waals surface area contributed by atoms with Crippen LogP contribution in [0.4, 0.5) is 0 Å². The van der Waals surface area contributed by atoms with Crippen molar-refractivity contribution in [2.24, 2.45) is 5.92 Å². The third-order valence-corrected chi connectivity index (χ3v) is 7.22. The van der Waals surface area contributed by atoms with Crippen LogP contribution in [0, 0.1) is 5.92 Å². The fourth-order valence-electron chi connectivity index (χ4n) is 4.26. The average molecular weight is 591 g/mol. The first-order valence-corrected chi connectivity index (χ1v) is 16.7. The van der Waals surface area contributed by atoms with Crippen molar-refractivity contribution in [3.63, 3.8) is 0 Å². The molecule has 242 valence electrons. The normalized spacial score (nSPS) is 13.5. The van der Waals surface area contributed by atoms with Gasteiger partial charge < -0.3 is 19.7 Å². The van der Waals surface area contributed by atoms with Crippen LogP contribution in [0.2, 0.25) is 0 Å². The summed E-state index contributed by atoms with van der Waals surface area (Å²) in [6.07, 6.45) is 34.7. The standard InChI is InChI=1S/C36H62O6/c1-3-33(2)27-23-19-16-17-20-24-28-35(39)41-32-34(31-38)42-36(40)29-25-21-15-13-11-9-7-5-4-6-8-10-12-14-18-22-26-30-37/h4,6-7,9-10,12-13,15,33-34,37-38H,3,5,8,11,14,16-32H2,1-2H3/b6-4-,9-7-,12-10-,15-13-/t33?,34-/m0/s1. The summed E-state index contributed by atoms with van der Waals surface area (Å²) >= 11 is 0. The molecule has 0 saturated heterocycles. The highest BCUT2D eigenvalue weighted by molar-refractivity contribution is 5.70. The maximum absolute atomic E-state index is 12.1. The maximum atomic E-state index is 12.1. The Morgan fingerprint density at radius 2 is 1.17 bits per heavy atom. The van der Waals surface area contributed by atoms with Gasteiger partial charge in [-0.05, 0) is 63.7 Å². The molecule has 0 saturated carbocycles. The molecule has 1 unspecified atom stereocenters. The first-order valence-electron chi connectivity index (χ1n) is 16.7. The van der Waals surface area contributed by atoms with E-state index in [1.807, 2.05) is 0 Å². The molecule has 0 radical (unpaired) electrons. The lowest BCUT2D eigenvalue weighted by Crippen LogP contribution is -2.28. The molecule has 2 atom stereocenters. The first kappa shape index (κ1) is 39.8. The van der Waals surface area contributed by atoms with E-state index in [9.17, 15) is 14.7 Å². The molecular formula is C36H62O6. The van der Waals surface area contributed by atoms with Crippen LogP contribution in [0.5, 0.6) is 0 Å². The van der Waals surface area contributed by atoms with Crippen LogP contribution in [0.1, 0.15) is 136 Å². The molecule has 0 fully saturated rings. The van der Waals surface area contributed by atoms with Crippen molar-refractivity contribution in [3.8, 4) is 0 Å². The second-order valence-electron chi connectivity index (χ2n) is 11.2. The van der Waals surface area contributed by atoms with Crippen LogP contribution >= 0.6 is 0 Å². The van der Waals surface area contributed by atoms with Gasteiger partial charge in [-0.3, -0.25) is 9.59 Å². The number of allylic oxidation sites excluding steroid dienone is 8. The van der Waals surface area contributed by atoms with Crippen LogP contribution in [0.25, 0.3) is 0 Å². The third kappa shape index (κ3) is 29.3. The molecule has 0 aliphatic heterocycles. The zero-order valence-corrected chi connectivity index (χ0v) is 26.9. The lowest BCUT2D eigenvalue weighted by atomic mass is 10.00. The zero-order valence-electron chi connectivity index (χ0n) is 26.9. The minimum absolute atomic E-state index is 0.0963. The van der Waals surface area contributed by atoms with E-state index in [4.69, 9.17) is 14.6 Å². The van der Waals surface area contributed by atoms with Crippen LogP contribution in [-0.4, -0.2) is 48.1 Å². The molecule has 0 heterocycles. The second kappa shape index (κ2) is 31.7. The Balaban J connectivity index is 3.74. The highest BCUT2D eigenvalue weighted by Crippen LogP contribution is 2.14. The van der Waals surface area contributed by atoms with E-state index < -0.39 is 6.10 Å². The number of aliphatic hydroxyl groups is 2. The molecule has 6 heteroatoms. The lowest BCUT2D eigenvalue weighted by Gasteiger charge is -2.15. The van der Waals surface area contributed by atoms with Crippen molar-refractivity contribution in [2.45, 2.75) is 142 Å². The number of carbonyl (C=O) groups excluding carboxylic acids is 2. The van der Waals surface area contributed by atoms with Crippen molar-refractivity contribution in [2.75, 3.05) is 19.8 Å². The number of hydrogen-bond donors (Lipinski definition) is 2. The number of esters is 2. The van der Waals surface area contributed by atoms with E-state index in [0.717, 1.165) is 76.5 Å². The predicted octanol–water partition coefficient (Wildman–Crippen LogP) is 8.72. The van der Waals surface area contributed by atoms with Crippen LogP contribution in [0.3, 0.4) is 0 Å². The van der Waals surface area contributed by atoms with E-state index in [-0.39, 0.29) is 31.6 Å². The average Bonchev–Trinajstić information content (AvgIpc) is 2.99. The van der Waals surface area contributed by atoms with Gasteiger partial charge in [-0.15, -0.1) is 0 Å². The molecule has 0 aromatic rings. The Morgan fingerprint density at radius 1 is 0.643 bits per heavy atom. The number of aliphatic hydroxyl groups excluding tert-OH is 2. The molecule has 2 N–H and O–H groups in total. The highest BCUT2D eigenvalue weighted by atomic mass is 16.6. The predicted molar refractivity (Wildman–Crippen MR) is 174 cm³/mol. The summed E-state index contributed by atoms with van der Waals surface area (Å²) in [4.78, 5) is 24.1. The molecule has 0 bridgehead atoms. The first-order chi connectivity index (χ1) is 20.5. The number of rotatable bonds is 29. The van der Waals surface area contributed by atoms with Crippen LogP contribution < -0.4 is 0 Å². The second-order valence-corrected chi connectivity index (χ2v) is 11.2. The van der Waals surface area contributed by atoms with E-state index >= 15 is 0 Å². The maximum Gasteiger partial charge on any atom is 0.306 e. The van der Waals surface area contributed by atoms with Crippen molar-refractivity contribution in [3.05, 3.63) is 48.6 Å². The molecule has 0 aromatic heterocycles. The van der Waals surface area contributed by atoms with Crippen molar-refractivity contribution in [1.29, 1.82) is 0 Å². The molecule has 0 aromatic carbocycles. The Hall–Kier alpha value is -2.18. The molecule has 0 aliphatic rings. The monoisotopic (exact) mass is 590 g/mol. The van der Waals surface area contributed by atoms with Crippen LogP contribution in [0.15, 0.2) is 48.6 Å². The van der Waals surface area contributed by atoms with E-state index in [0.29, 0.717) is 19.4 Å². The topological polar surface area (TPSA) is 93.1 Å². The van der Waals surface area contributed by atoms with E-state index in [1.54, 1.807) is 0 Å². The largest absolute Gasteiger partial charge is 0.462 e.